The second-order valence-corrected chi connectivity index (χ2v) is 3.50. The van der Waals surface area contributed by atoms with Crippen LogP contribution in [-0.2, 0) is 4.79 Å². The molecule has 0 aromatic carbocycles. The van der Waals surface area contributed by atoms with Crippen LogP contribution in [0.3, 0.4) is 0 Å². The molecule has 1 aromatic heterocycles. The highest BCUT2D eigenvalue weighted by molar-refractivity contribution is 5.76. The Labute approximate surface area is 91.5 Å². The molecule has 1 aromatic rings. The second kappa shape index (κ2) is 5.29. The number of hydrogen-bond donors (Lipinski definition) is 0. The fraction of sp³-hybridized carbons (Fsp3) is 0.400. The maximum absolute atomic E-state index is 13.3. The lowest BCUT2D eigenvalue weighted by atomic mass is 9.95. The van der Waals surface area contributed by atoms with Crippen molar-refractivity contribution in [3.8, 4) is 0 Å². The number of halogens is 1. The summed E-state index contributed by atoms with van der Waals surface area (Å²) >= 11 is 0. The summed E-state index contributed by atoms with van der Waals surface area (Å²) in [5.41, 5.74) is 0.120. The van der Waals surface area contributed by atoms with Crippen LogP contribution < -0.4 is 0 Å². The SMILES string of the molecule is CC(=O)CC(C[N+](=O)[O-])c1cccnc1F. The van der Waals surface area contributed by atoms with E-state index in [9.17, 15) is 19.3 Å². The molecule has 0 aliphatic carbocycles. The lowest BCUT2D eigenvalue weighted by Crippen LogP contribution is -2.17. The van der Waals surface area contributed by atoms with Gasteiger partial charge >= 0.3 is 0 Å². The monoisotopic (exact) mass is 226 g/mol. The molecule has 5 nitrogen and oxygen atoms in total. The molecule has 0 saturated heterocycles. The van der Waals surface area contributed by atoms with Crippen molar-refractivity contribution in [3.63, 3.8) is 0 Å². The molecule has 6 heteroatoms. The minimum absolute atomic E-state index is 0.0520. The van der Waals surface area contributed by atoms with Crippen LogP contribution in [-0.4, -0.2) is 22.2 Å². The van der Waals surface area contributed by atoms with E-state index in [1.54, 1.807) is 0 Å². The first-order valence-electron chi connectivity index (χ1n) is 4.72. The van der Waals surface area contributed by atoms with E-state index in [0.717, 1.165) is 0 Å². The minimum atomic E-state index is -0.754. The van der Waals surface area contributed by atoms with Crippen LogP contribution in [0.1, 0.15) is 24.8 Å². The van der Waals surface area contributed by atoms with Crippen molar-refractivity contribution in [3.05, 3.63) is 40.0 Å². The number of nitrogens with zero attached hydrogens (tertiary/aromatic N) is 2. The van der Waals surface area contributed by atoms with Gasteiger partial charge in [-0.3, -0.25) is 10.1 Å². The van der Waals surface area contributed by atoms with Crippen molar-refractivity contribution >= 4 is 5.78 Å². The van der Waals surface area contributed by atoms with Crippen molar-refractivity contribution in [1.29, 1.82) is 0 Å². The zero-order chi connectivity index (χ0) is 12.1. The minimum Gasteiger partial charge on any atom is -0.300 e. The number of ketones is 1. The van der Waals surface area contributed by atoms with Crippen LogP contribution in [0.5, 0.6) is 0 Å². The molecule has 86 valence electrons. The summed E-state index contributed by atoms with van der Waals surface area (Å²) in [5.74, 6) is -1.72. The predicted molar refractivity (Wildman–Crippen MR) is 54.1 cm³/mol. The summed E-state index contributed by atoms with van der Waals surface area (Å²) in [7, 11) is 0. The van der Waals surface area contributed by atoms with Crippen LogP contribution in [0.25, 0.3) is 0 Å². The van der Waals surface area contributed by atoms with Crippen LogP contribution in [0.4, 0.5) is 4.39 Å². The number of nitro groups is 1. The van der Waals surface area contributed by atoms with Gasteiger partial charge in [0.1, 0.15) is 5.78 Å². The second-order valence-electron chi connectivity index (χ2n) is 3.50. The Kier molecular flexibility index (Phi) is 4.04. The van der Waals surface area contributed by atoms with E-state index in [-0.39, 0.29) is 17.8 Å². The van der Waals surface area contributed by atoms with Gasteiger partial charge in [0, 0.05) is 23.1 Å². The van der Waals surface area contributed by atoms with E-state index in [2.05, 4.69) is 4.98 Å². The molecule has 1 unspecified atom stereocenters. The maximum Gasteiger partial charge on any atom is 0.216 e. The number of pyridine rings is 1. The van der Waals surface area contributed by atoms with Crippen molar-refractivity contribution in [2.75, 3.05) is 6.54 Å². The molecule has 0 spiro atoms. The van der Waals surface area contributed by atoms with Gasteiger partial charge in [0.2, 0.25) is 12.5 Å². The molecule has 0 amide bonds. The third kappa shape index (κ3) is 3.38. The number of rotatable bonds is 5. The molecule has 0 N–H and O–H groups in total. The largest absolute Gasteiger partial charge is 0.300 e. The zero-order valence-corrected chi connectivity index (χ0v) is 8.72. The van der Waals surface area contributed by atoms with E-state index < -0.39 is 23.3 Å². The molecule has 0 radical (unpaired) electrons. The van der Waals surface area contributed by atoms with Crippen molar-refractivity contribution in [2.24, 2.45) is 0 Å². The third-order valence-electron chi connectivity index (χ3n) is 2.13. The van der Waals surface area contributed by atoms with Crippen molar-refractivity contribution in [1.82, 2.24) is 4.98 Å². The Hall–Kier alpha value is -1.85. The normalized spacial score (nSPS) is 12.1. The topological polar surface area (TPSA) is 73.1 Å². The van der Waals surface area contributed by atoms with Gasteiger partial charge in [-0.15, -0.1) is 0 Å². The van der Waals surface area contributed by atoms with E-state index in [1.165, 1.54) is 25.3 Å². The predicted octanol–water partition coefficient (Wildman–Crippen LogP) is 1.56. The molecule has 0 aliphatic rings. The summed E-state index contributed by atoms with van der Waals surface area (Å²) in [4.78, 5) is 24.2. The quantitative estimate of drug-likeness (QED) is 0.434. The number of aromatic nitrogens is 1. The summed E-state index contributed by atoms with van der Waals surface area (Å²) in [6.45, 7) is 0.851. The van der Waals surface area contributed by atoms with Crippen LogP contribution >= 0.6 is 0 Å². The first-order valence-corrected chi connectivity index (χ1v) is 4.72. The standard InChI is InChI=1S/C10H11FN2O3/c1-7(14)5-8(6-13(15)16)9-3-2-4-12-10(9)11/h2-4,8H,5-6H2,1H3. The molecule has 1 atom stereocenters. The molecule has 0 aliphatic heterocycles. The fourth-order valence-corrected chi connectivity index (χ4v) is 1.50. The highest BCUT2D eigenvalue weighted by Crippen LogP contribution is 2.21. The summed E-state index contributed by atoms with van der Waals surface area (Å²) in [5, 5.41) is 10.4. The van der Waals surface area contributed by atoms with Gasteiger partial charge in [0.25, 0.3) is 0 Å². The number of carbonyl (C=O) groups is 1. The Morgan fingerprint density at radius 2 is 2.38 bits per heavy atom. The van der Waals surface area contributed by atoms with E-state index >= 15 is 0 Å². The van der Waals surface area contributed by atoms with Gasteiger partial charge in [-0.2, -0.15) is 4.39 Å². The highest BCUT2D eigenvalue weighted by Gasteiger charge is 2.23. The van der Waals surface area contributed by atoms with Crippen LogP contribution in [0, 0.1) is 16.1 Å². The number of carbonyl (C=O) groups excluding carboxylic acids is 1. The first-order chi connectivity index (χ1) is 7.50. The van der Waals surface area contributed by atoms with Gasteiger partial charge in [-0.25, -0.2) is 4.98 Å². The Balaban J connectivity index is 2.96. The van der Waals surface area contributed by atoms with Gasteiger partial charge in [-0.1, -0.05) is 6.07 Å². The molecule has 16 heavy (non-hydrogen) atoms. The molecule has 0 fully saturated rings. The van der Waals surface area contributed by atoms with Gasteiger partial charge in [0.15, 0.2) is 0 Å². The first kappa shape index (κ1) is 12.2. The van der Waals surface area contributed by atoms with Gasteiger partial charge in [-0.05, 0) is 13.0 Å². The average molecular weight is 226 g/mol. The molecule has 0 saturated carbocycles. The Bertz CT molecular complexity index is 393. The highest BCUT2D eigenvalue weighted by atomic mass is 19.1. The van der Waals surface area contributed by atoms with Crippen molar-refractivity contribution in [2.45, 2.75) is 19.3 Å². The average Bonchev–Trinajstić information content (AvgIpc) is 2.15. The van der Waals surface area contributed by atoms with Crippen LogP contribution in [0.2, 0.25) is 0 Å². The van der Waals surface area contributed by atoms with Gasteiger partial charge in [0.05, 0.1) is 5.92 Å². The number of hydrogen-bond acceptors (Lipinski definition) is 4. The molecular weight excluding hydrogens is 215 g/mol. The molecule has 0 bridgehead atoms. The fourth-order valence-electron chi connectivity index (χ4n) is 1.50. The van der Waals surface area contributed by atoms with Crippen LogP contribution in [0.15, 0.2) is 18.3 Å². The zero-order valence-electron chi connectivity index (χ0n) is 8.72. The lowest BCUT2D eigenvalue weighted by Gasteiger charge is -2.11. The van der Waals surface area contributed by atoms with E-state index in [4.69, 9.17) is 0 Å². The third-order valence-corrected chi connectivity index (χ3v) is 2.13. The molecule has 1 heterocycles. The smallest absolute Gasteiger partial charge is 0.216 e. The molecule has 1 rings (SSSR count). The van der Waals surface area contributed by atoms with Gasteiger partial charge < -0.3 is 4.79 Å². The van der Waals surface area contributed by atoms with E-state index in [1.807, 2.05) is 0 Å². The Morgan fingerprint density at radius 3 is 2.88 bits per heavy atom. The summed E-state index contributed by atoms with van der Waals surface area (Å²) < 4.78 is 13.3. The lowest BCUT2D eigenvalue weighted by molar-refractivity contribution is -0.483. The van der Waals surface area contributed by atoms with Crippen molar-refractivity contribution < 1.29 is 14.1 Å². The molecular formula is C10H11FN2O3. The summed E-state index contributed by atoms with van der Waals surface area (Å²) in [6, 6.07) is 2.91. The Morgan fingerprint density at radius 1 is 1.69 bits per heavy atom. The maximum atomic E-state index is 13.3. The summed E-state index contributed by atoms with van der Waals surface area (Å²) in [6.07, 6.45) is 1.21. The van der Waals surface area contributed by atoms with E-state index in [0.29, 0.717) is 0 Å². The number of Topliss-reactive ketones (excluding diaryl/α,β-unsaturated/α-hetero) is 1.